The number of pyridine rings is 1. The highest BCUT2D eigenvalue weighted by molar-refractivity contribution is 5.57. The predicted molar refractivity (Wildman–Crippen MR) is 125 cm³/mol. The van der Waals surface area contributed by atoms with Crippen molar-refractivity contribution in [2.45, 2.75) is 93.3 Å². The molecule has 0 saturated heterocycles. The van der Waals surface area contributed by atoms with Crippen LogP contribution in [0.1, 0.15) is 45.4 Å². The van der Waals surface area contributed by atoms with E-state index in [1.807, 2.05) is 0 Å². The molecule has 0 aliphatic rings. The van der Waals surface area contributed by atoms with E-state index in [2.05, 4.69) is 26.8 Å². The van der Waals surface area contributed by atoms with Crippen LogP contribution in [0.15, 0.2) is 30.5 Å². The Morgan fingerprint density at radius 1 is 0.532 bits per heavy atom. The summed E-state index contributed by atoms with van der Waals surface area (Å²) in [6.45, 7) is 2.37. The van der Waals surface area contributed by atoms with Crippen molar-refractivity contribution in [2.75, 3.05) is 6.61 Å². The molecule has 0 aromatic carbocycles. The number of ether oxygens (including phenoxy) is 2. The third kappa shape index (κ3) is 7.39. The van der Waals surface area contributed by atoms with Gasteiger partial charge < -0.3 is 9.47 Å². The Morgan fingerprint density at radius 3 is 1.49 bits per heavy atom. The van der Waals surface area contributed by atoms with Crippen LogP contribution in [0.5, 0.6) is 11.8 Å². The Morgan fingerprint density at radius 2 is 1.02 bits per heavy atom. The normalized spacial score (nSPS) is 14.3. The fourth-order valence-corrected chi connectivity index (χ4v) is 3.55. The van der Waals surface area contributed by atoms with Gasteiger partial charge in [0.05, 0.1) is 12.3 Å². The van der Waals surface area contributed by atoms with E-state index in [-0.39, 0.29) is 23.2 Å². The molecule has 0 aliphatic carbocycles. The first-order valence-corrected chi connectivity index (χ1v) is 13.1. The molecule has 0 fully saturated rings. The van der Waals surface area contributed by atoms with Gasteiger partial charge in [-0.15, -0.1) is 10.2 Å². The molecule has 2 rings (SSSR count). The average Bonchev–Trinajstić information content (AvgIpc) is 2.96. The number of alkyl halides is 17. The standard InChI is InChI=1S/C25H22F17N3O2/c1-2-3-4-5-6-7-12-46-16-10-8-14(13-43-16)15-9-11-17(45-44-15)47-25(41,42)23(36,37)21(32,33)19(28,29)18(26,27)20(30,31)22(34,35)24(38,39)40/h8-11,13H,2-7,12H2,1H3. The molecule has 0 amide bonds. The van der Waals surface area contributed by atoms with Crippen molar-refractivity contribution >= 4 is 0 Å². The van der Waals surface area contributed by atoms with Crippen LogP contribution in [-0.2, 0) is 0 Å². The summed E-state index contributed by atoms with van der Waals surface area (Å²) in [7, 11) is 0. The zero-order valence-corrected chi connectivity index (χ0v) is 23.4. The minimum Gasteiger partial charge on any atom is -0.478 e. The van der Waals surface area contributed by atoms with Crippen LogP contribution in [-0.4, -0.2) is 69.6 Å². The highest BCUT2D eigenvalue weighted by Crippen LogP contribution is 2.64. The molecule has 2 aromatic rings. The molecule has 22 heteroatoms. The van der Waals surface area contributed by atoms with Crippen LogP contribution >= 0.6 is 0 Å². The van der Waals surface area contributed by atoms with Crippen molar-refractivity contribution < 1.29 is 84.1 Å². The fraction of sp³-hybridized carbons (Fsp3) is 0.640. The van der Waals surface area contributed by atoms with Gasteiger partial charge in [0, 0.05) is 23.9 Å². The van der Waals surface area contributed by atoms with Gasteiger partial charge in [-0.1, -0.05) is 39.0 Å². The molecule has 0 radical (unpaired) electrons. The van der Waals surface area contributed by atoms with E-state index in [1.54, 1.807) is 0 Å². The monoisotopic (exact) mass is 719 g/mol. The van der Waals surface area contributed by atoms with Gasteiger partial charge in [0.25, 0.3) is 0 Å². The van der Waals surface area contributed by atoms with Crippen molar-refractivity contribution in [1.82, 2.24) is 15.2 Å². The molecular weight excluding hydrogens is 697 g/mol. The number of rotatable bonds is 17. The molecule has 268 valence electrons. The van der Waals surface area contributed by atoms with Crippen molar-refractivity contribution in [3.63, 3.8) is 0 Å². The Balaban J connectivity index is 2.22. The number of unbranched alkanes of at least 4 members (excludes halogenated alkanes) is 5. The first-order valence-electron chi connectivity index (χ1n) is 13.1. The highest BCUT2D eigenvalue weighted by Gasteiger charge is 2.95. The number of aromatic nitrogens is 3. The third-order valence-electron chi connectivity index (χ3n) is 6.35. The Hall–Kier alpha value is -3.36. The van der Waals surface area contributed by atoms with Crippen molar-refractivity contribution in [1.29, 1.82) is 0 Å². The van der Waals surface area contributed by atoms with Crippen molar-refractivity contribution in [3.8, 4) is 23.0 Å². The molecule has 2 aromatic heterocycles. The zero-order valence-electron chi connectivity index (χ0n) is 23.4. The van der Waals surface area contributed by atoms with Crippen molar-refractivity contribution in [3.05, 3.63) is 30.5 Å². The summed E-state index contributed by atoms with van der Waals surface area (Å²) in [6, 6.07) is 3.44. The summed E-state index contributed by atoms with van der Waals surface area (Å²) in [6.07, 6.45) is -7.97. The summed E-state index contributed by atoms with van der Waals surface area (Å²) in [5.41, 5.74) is -0.232. The minimum absolute atomic E-state index is 0.0537. The highest BCUT2D eigenvalue weighted by atomic mass is 19.4. The Kier molecular flexibility index (Phi) is 11.6. The molecule has 0 saturated carbocycles. The quantitative estimate of drug-likeness (QED) is 0.120. The van der Waals surface area contributed by atoms with Gasteiger partial charge in [0.1, 0.15) is 0 Å². The van der Waals surface area contributed by atoms with E-state index >= 15 is 0 Å². The second kappa shape index (κ2) is 13.6. The number of hydrogen-bond acceptors (Lipinski definition) is 5. The lowest BCUT2D eigenvalue weighted by molar-refractivity contribution is -0.471. The molecule has 0 atom stereocenters. The lowest BCUT2D eigenvalue weighted by Crippen LogP contribution is -2.74. The zero-order chi connectivity index (χ0) is 36.3. The molecule has 0 N–H and O–H groups in total. The van der Waals surface area contributed by atoms with E-state index in [4.69, 9.17) is 4.74 Å². The Labute approximate surface area is 253 Å². The molecule has 0 unspecified atom stereocenters. The molecule has 0 bridgehead atoms. The van der Waals surface area contributed by atoms with E-state index in [1.165, 1.54) is 12.1 Å². The second-order valence-electron chi connectivity index (χ2n) is 9.82. The minimum atomic E-state index is -8.73. The maximum absolute atomic E-state index is 14.1. The predicted octanol–water partition coefficient (Wildman–Crippen LogP) is 9.62. The van der Waals surface area contributed by atoms with E-state index in [0.717, 1.165) is 44.7 Å². The number of halogens is 17. The lowest BCUT2D eigenvalue weighted by Gasteiger charge is -2.42. The smallest absolute Gasteiger partial charge is 0.472 e. The van der Waals surface area contributed by atoms with Crippen LogP contribution in [0.3, 0.4) is 0 Å². The van der Waals surface area contributed by atoms with E-state index in [0.29, 0.717) is 12.7 Å². The van der Waals surface area contributed by atoms with E-state index in [9.17, 15) is 74.6 Å². The molecule has 47 heavy (non-hydrogen) atoms. The van der Waals surface area contributed by atoms with Crippen molar-refractivity contribution in [2.24, 2.45) is 0 Å². The molecule has 0 spiro atoms. The summed E-state index contributed by atoms with van der Waals surface area (Å²) >= 11 is 0. The van der Waals surface area contributed by atoms with Gasteiger partial charge in [-0.25, -0.2) is 4.98 Å². The molecular formula is C25H22F17N3O2. The summed E-state index contributed by atoms with van der Waals surface area (Å²) in [5.74, 6) is -52.5. The van der Waals surface area contributed by atoms with Gasteiger partial charge in [-0.2, -0.15) is 74.6 Å². The van der Waals surface area contributed by atoms with E-state index < -0.39 is 53.7 Å². The van der Waals surface area contributed by atoms with Crippen LogP contribution < -0.4 is 9.47 Å². The largest absolute Gasteiger partial charge is 0.478 e. The summed E-state index contributed by atoms with van der Waals surface area (Å²) < 4.78 is 236. The second-order valence-corrected chi connectivity index (χ2v) is 9.82. The summed E-state index contributed by atoms with van der Waals surface area (Å²) in [5, 5.41) is 6.00. The Bertz CT molecular complexity index is 1300. The van der Waals surface area contributed by atoms with Gasteiger partial charge in [0.15, 0.2) is 0 Å². The maximum Gasteiger partial charge on any atom is 0.472 e. The lowest BCUT2D eigenvalue weighted by atomic mass is 9.90. The first kappa shape index (κ1) is 39.8. The van der Waals surface area contributed by atoms with Crippen LogP contribution in [0.2, 0.25) is 0 Å². The van der Waals surface area contributed by atoms with Gasteiger partial charge in [-0.05, 0) is 18.6 Å². The van der Waals surface area contributed by atoms with Crippen LogP contribution in [0, 0.1) is 0 Å². The van der Waals surface area contributed by atoms with Gasteiger partial charge in [0.2, 0.25) is 11.8 Å². The fourth-order valence-electron chi connectivity index (χ4n) is 3.55. The van der Waals surface area contributed by atoms with Gasteiger partial charge in [-0.3, -0.25) is 0 Å². The average molecular weight is 719 g/mol. The van der Waals surface area contributed by atoms with Crippen LogP contribution in [0.4, 0.5) is 74.6 Å². The third-order valence-corrected chi connectivity index (χ3v) is 6.35. The molecule has 0 aliphatic heterocycles. The number of nitrogens with zero attached hydrogens (tertiary/aromatic N) is 3. The molecule has 2 heterocycles. The number of hydrogen-bond donors (Lipinski definition) is 0. The topological polar surface area (TPSA) is 57.1 Å². The van der Waals surface area contributed by atoms with Gasteiger partial charge >= 0.3 is 47.8 Å². The first-order chi connectivity index (χ1) is 21.2. The summed E-state index contributed by atoms with van der Waals surface area (Å²) in [4.78, 5) is 3.91. The SMILES string of the molecule is CCCCCCCCOc1ccc(-c2ccc(OC(F)(F)C(F)(F)C(F)(F)C(F)(F)C(F)(F)C(F)(F)C(F)(F)C(F)(F)F)nn2)cn1. The molecule has 5 nitrogen and oxygen atoms in total. The van der Waals surface area contributed by atoms with Crippen LogP contribution in [0.25, 0.3) is 11.3 Å². The maximum atomic E-state index is 14.1.